The van der Waals surface area contributed by atoms with Gasteiger partial charge in [0.05, 0.1) is 5.69 Å². The monoisotopic (exact) mass is 346 g/mol. The Bertz CT molecular complexity index is 638. The summed E-state index contributed by atoms with van der Waals surface area (Å²) in [7, 11) is 1.66. The molecule has 0 saturated heterocycles. The number of anilines is 1. The highest BCUT2D eigenvalue weighted by Crippen LogP contribution is 2.25. The lowest BCUT2D eigenvalue weighted by atomic mass is 10.1. The number of nitrogens with one attached hydrogen (secondary N) is 1. The van der Waals surface area contributed by atoms with Crippen LogP contribution >= 0.6 is 0 Å². The maximum atomic E-state index is 12.1. The van der Waals surface area contributed by atoms with E-state index >= 15 is 0 Å². The number of carbonyl (C=O) groups is 1. The van der Waals surface area contributed by atoms with Crippen molar-refractivity contribution in [3.8, 4) is 5.75 Å². The minimum atomic E-state index is -0.194. The smallest absolute Gasteiger partial charge is 0.321 e. The molecule has 138 valence electrons. The highest BCUT2D eigenvalue weighted by atomic mass is 16.3. The standard InChI is InChI=1S/C20H26N2O2.H2O.H2/c1-22(18-14-8-9-15-19(18)23)20(24)21-16-10-3-2-5-11-17-12-6-4-7-13-17;;/h4,6-9,12-15,23H,2-3,5,10-11,16H2,1H3,(H,21,24);1H2;1H. The molecule has 0 spiro atoms. The van der Waals surface area contributed by atoms with E-state index in [9.17, 15) is 9.90 Å². The van der Waals surface area contributed by atoms with E-state index in [4.69, 9.17) is 0 Å². The normalized spacial score (nSPS) is 9.96. The van der Waals surface area contributed by atoms with Crippen LogP contribution in [0, 0.1) is 0 Å². The zero-order valence-electron chi connectivity index (χ0n) is 14.7. The van der Waals surface area contributed by atoms with E-state index in [1.807, 2.05) is 6.07 Å². The van der Waals surface area contributed by atoms with Crippen LogP contribution in [0.15, 0.2) is 54.6 Å². The third kappa shape index (κ3) is 6.85. The molecule has 0 heterocycles. The lowest BCUT2D eigenvalue weighted by Gasteiger charge is -2.19. The van der Waals surface area contributed by atoms with Crippen molar-refractivity contribution in [1.29, 1.82) is 0 Å². The number of unbranched alkanes of at least 4 members (excludes halogenated alkanes) is 3. The molecule has 2 aromatic carbocycles. The van der Waals surface area contributed by atoms with Crippen LogP contribution in [0.2, 0.25) is 0 Å². The third-order valence-electron chi connectivity index (χ3n) is 4.06. The Labute approximate surface area is 151 Å². The van der Waals surface area contributed by atoms with Crippen molar-refractivity contribution in [1.82, 2.24) is 5.32 Å². The molecule has 0 aromatic heterocycles. The summed E-state index contributed by atoms with van der Waals surface area (Å²) in [6.45, 7) is 0.655. The Kier molecular flexibility index (Phi) is 9.11. The molecule has 0 aliphatic heterocycles. The second-order valence-corrected chi connectivity index (χ2v) is 5.93. The summed E-state index contributed by atoms with van der Waals surface area (Å²) in [5.74, 6) is 0.107. The van der Waals surface area contributed by atoms with Crippen molar-refractivity contribution in [3.63, 3.8) is 0 Å². The van der Waals surface area contributed by atoms with Gasteiger partial charge in [-0.15, -0.1) is 0 Å². The van der Waals surface area contributed by atoms with Gasteiger partial charge in [0.1, 0.15) is 5.75 Å². The van der Waals surface area contributed by atoms with E-state index in [1.54, 1.807) is 31.3 Å². The van der Waals surface area contributed by atoms with Crippen LogP contribution in [0.3, 0.4) is 0 Å². The lowest BCUT2D eigenvalue weighted by Crippen LogP contribution is -2.37. The number of carbonyl (C=O) groups excluding carboxylic acids is 1. The predicted molar refractivity (Wildman–Crippen MR) is 104 cm³/mol. The Morgan fingerprint density at radius 1 is 1.00 bits per heavy atom. The van der Waals surface area contributed by atoms with Crippen molar-refractivity contribution in [2.45, 2.75) is 32.1 Å². The number of para-hydroxylation sites is 2. The van der Waals surface area contributed by atoms with Crippen molar-refractivity contribution in [3.05, 3.63) is 60.2 Å². The highest BCUT2D eigenvalue weighted by Gasteiger charge is 2.12. The van der Waals surface area contributed by atoms with E-state index in [2.05, 4.69) is 29.6 Å². The summed E-state index contributed by atoms with van der Waals surface area (Å²) in [5, 5.41) is 12.7. The van der Waals surface area contributed by atoms with Gasteiger partial charge in [0.15, 0.2) is 0 Å². The second kappa shape index (κ2) is 11.1. The summed E-state index contributed by atoms with van der Waals surface area (Å²) in [5.41, 5.74) is 1.90. The summed E-state index contributed by atoms with van der Waals surface area (Å²) in [6, 6.07) is 17.1. The van der Waals surface area contributed by atoms with Crippen molar-refractivity contribution in [2.75, 3.05) is 18.5 Å². The number of rotatable bonds is 8. The zero-order chi connectivity index (χ0) is 17.2. The molecule has 0 fully saturated rings. The zero-order valence-corrected chi connectivity index (χ0v) is 14.7. The molecule has 0 saturated carbocycles. The van der Waals surface area contributed by atoms with E-state index in [0.29, 0.717) is 12.2 Å². The maximum absolute atomic E-state index is 12.1. The first-order valence-corrected chi connectivity index (χ1v) is 8.52. The molecule has 5 heteroatoms. The Balaban J connectivity index is 0.00000312. The summed E-state index contributed by atoms with van der Waals surface area (Å²) < 4.78 is 0. The highest BCUT2D eigenvalue weighted by molar-refractivity contribution is 5.92. The van der Waals surface area contributed by atoms with Gasteiger partial charge < -0.3 is 15.9 Å². The number of hydrogen-bond donors (Lipinski definition) is 2. The van der Waals surface area contributed by atoms with Crippen LogP contribution < -0.4 is 10.2 Å². The largest absolute Gasteiger partial charge is 0.506 e. The van der Waals surface area contributed by atoms with Crippen LogP contribution in [0.25, 0.3) is 0 Å². The number of benzene rings is 2. The van der Waals surface area contributed by atoms with E-state index in [-0.39, 0.29) is 18.7 Å². The number of urea groups is 1. The average Bonchev–Trinajstić information content (AvgIpc) is 2.61. The number of phenols is 1. The van der Waals surface area contributed by atoms with Crippen LogP contribution in [-0.2, 0) is 6.42 Å². The van der Waals surface area contributed by atoms with Gasteiger partial charge in [-0.3, -0.25) is 4.90 Å². The Morgan fingerprint density at radius 2 is 1.64 bits per heavy atom. The van der Waals surface area contributed by atoms with Crippen LogP contribution in [0.4, 0.5) is 10.5 Å². The number of phenolic OH excluding ortho intramolecular Hbond substituents is 1. The fraction of sp³-hybridized carbons (Fsp3) is 0.350. The van der Waals surface area contributed by atoms with E-state index in [0.717, 1.165) is 19.3 Å². The summed E-state index contributed by atoms with van der Waals surface area (Å²) in [6.07, 6.45) is 5.53. The van der Waals surface area contributed by atoms with Gasteiger partial charge in [-0.25, -0.2) is 4.79 Å². The van der Waals surface area contributed by atoms with Crippen molar-refractivity contribution < 1.29 is 16.8 Å². The number of aryl methyl sites for hydroxylation is 1. The predicted octanol–water partition coefficient (Wildman–Crippen LogP) is 3.76. The molecule has 0 unspecified atom stereocenters. The Hall–Kier alpha value is -2.53. The molecule has 4 N–H and O–H groups in total. The fourth-order valence-electron chi connectivity index (χ4n) is 2.62. The van der Waals surface area contributed by atoms with Crippen LogP contribution in [0.1, 0.15) is 32.7 Å². The van der Waals surface area contributed by atoms with Crippen molar-refractivity contribution in [2.24, 2.45) is 0 Å². The molecule has 0 bridgehead atoms. The quantitative estimate of drug-likeness (QED) is 0.713. The summed E-state index contributed by atoms with van der Waals surface area (Å²) in [4.78, 5) is 13.5. The van der Waals surface area contributed by atoms with Crippen LogP contribution in [-0.4, -0.2) is 30.2 Å². The molecule has 0 aliphatic rings. The first-order chi connectivity index (χ1) is 11.7. The minimum Gasteiger partial charge on any atom is -0.506 e. The molecule has 2 aromatic rings. The van der Waals surface area contributed by atoms with Gasteiger partial charge in [0.2, 0.25) is 0 Å². The third-order valence-corrected chi connectivity index (χ3v) is 4.06. The average molecular weight is 346 g/mol. The Morgan fingerprint density at radius 3 is 2.36 bits per heavy atom. The summed E-state index contributed by atoms with van der Waals surface area (Å²) >= 11 is 0. The van der Waals surface area contributed by atoms with Gasteiger partial charge in [-0.1, -0.05) is 55.3 Å². The van der Waals surface area contributed by atoms with E-state index in [1.165, 1.54) is 23.3 Å². The first-order valence-electron chi connectivity index (χ1n) is 8.52. The number of aromatic hydroxyl groups is 1. The topological polar surface area (TPSA) is 84.1 Å². The minimum absolute atomic E-state index is 0. The van der Waals surface area contributed by atoms with Gasteiger partial charge in [0.25, 0.3) is 0 Å². The second-order valence-electron chi connectivity index (χ2n) is 5.93. The lowest BCUT2D eigenvalue weighted by molar-refractivity contribution is 0.247. The molecule has 5 nitrogen and oxygen atoms in total. The molecule has 0 aliphatic carbocycles. The molecule has 2 amide bonds. The fourth-order valence-corrected chi connectivity index (χ4v) is 2.62. The van der Waals surface area contributed by atoms with Crippen molar-refractivity contribution >= 4 is 11.7 Å². The van der Waals surface area contributed by atoms with Gasteiger partial charge >= 0.3 is 6.03 Å². The molecular formula is C20H30N2O3. The number of amides is 2. The molecule has 0 radical (unpaired) electrons. The molecule has 2 rings (SSSR count). The van der Waals surface area contributed by atoms with Crippen LogP contribution in [0.5, 0.6) is 5.75 Å². The molecule has 0 atom stereocenters. The number of hydrogen-bond acceptors (Lipinski definition) is 2. The van der Waals surface area contributed by atoms with E-state index < -0.39 is 0 Å². The molecule has 25 heavy (non-hydrogen) atoms. The molecular weight excluding hydrogens is 316 g/mol. The maximum Gasteiger partial charge on any atom is 0.321 e. The first kappa shape index (κ1) is 20.5. The SMILES string of the molecule is CN(C(=O)NCCCCCCc1ccccc1)c1ccccc1O.O.[HH]. The van der Waals surface area contributed by atoms with Gasteiger partial charge in [-0.05, 0) is 37.0 Å². The van der Waals surface area contributed by atoms with Gasteiger partial charge in [-0.2, -0.15) is 0 Å². The number of nitrogens with zero attached hydrogens (tertiary/aromatic N) is 1. The van der Waals surface area contributed by atoms with Gasteiger partial charge in [0, 0.05) is 15.0 Å².